The van der Waals surface area contributed by atoms with Crippen LogP contribution in [0.1, 0.15) is 5.56 Å². The topological polar surface area (TPSA) is 58.1 Å². The molecular formula is C33H25N5. The normalized spacial score (nSPS) is 12.1. The largest absolute Gasteiger partial charge is 0.358 e. The van der Waals surface area contributed by atoms with E-state index in [2.05, 4.69) is 99.4 Å². The predicted molar refractivity (Wildman–Crippen MR) is 159 cm³/mol. The Balaban J connectivity index is 1.66. The molecule has 0 spiro atoms. The van der Waals surface area contributed by atoms with Crippen LogP contribution in [0.15, 0.2) is 126 Å². The summed E-state index contributed by atoms with van der Waals surface area (Å²) in [5.74, 6) is 0.805. The zero-order valence-electron chi connectivity index (χ0n) is 20.9. The second-order valence-corrected chi connectivity index (χ2v) is 9.30. The van der Waals surface area contributed by atoms with Crippen LogP contribution in [-0.4, -0.2) is 28.0 Å². The Morgan fingerprint density at radius 2 is 1.16 bits per heavy atom. The summed E-state index contributed by atoms with van der Waals surface area (Å²) in [6.07, 6.45) is 0. The number of aromatic nitrogens is 2. The van der Waals surface area contributed by atoms with Crippen LogP contribution in [0.5, 0.6) is 0 Å². The molecular weight excluding hydrogens is 466 g/mol. The van der Waals surface area contributed by atoms with Crippen molar-refractivity contribution in [3.05, 3.63) is 127 Å². The summed E-state index contributed by atoms with van der Waals surface area (Å²) in [7, 11) is 1.87. The lowest BCUT2D eigenvalue weighted by Crippen LogP contribution is -2.28. The Hall–Kier alpha value is -5.16. The highest BCUT2D eigenvalue weighted by atomic mass is 15.2. The van der Waals surface area contributed by atoms with Crippen LogP contribution in [0.2, 0.25) is 0 Å². The first-order chi connectivity index (χ1) is 18.8. The zero-order valence-corrected chi connectivity index (χ0v) is 20.9. The molecule has 182 valence electrons. The number of hydrogen-bond acceptors (Lipinski definition) is 1. The van der Waals surface area contributed by atoms with E-state index < -0.39 is 0 Å². The minimum atomic E-state index is 0.205. The van der Waals surface area contributed by atoms with Crippen LogP contribution in [0.4, 0.5) is 0 Å². The summed E-state index contributed by atoms with van der Waals surface area (Å²) in [6, 6.07) is 41.6. The van der Waals surface area contributed by atoms with E-state index in [1.165, 1.54) is 10.8 Å². The maximum Gasteiger partial charge on any atom is 0.209 e. The fourth-order valence-electron chi connectivity index (χ4n) is 5.55. The van der Waals surface area contributed by atoms with Gasteiger partial charge in [0.15, 0.2) is 5.84 Å². The molecule has 5 aromatic carbocycles. The molecule has 2 N–H and O–H groups in total. The number of rotatable bonds is 2. The third kappa shape index (κ3) is 3.26. The summed E-state index contributed by atoms with van der Waals surface area (Å²) in [5, 5.41) is 16.7. The summed E-state index contributed by atoms with van der Waals surface area (Å²) >= 11 is 0. The maximum atomic E-state index is 8.76. The van der Waals surface area contributed by atoms with Gasteiger partial charge in [0.05, 0.1) is 22.1 Å². The van der Waals surface area contributed by atoms with Gasteiger partial charge >= 0.3 is 0 Å². The number of nitrogens with one attached hydrogen (secondary N) is 2. The Kier molecular flexibility index (Phi) is 5.08. The van der Waals surface area contributed by atoms with Crippen molar-refractivity contribution in [2.24, 2.45) is 4.99 Å². The molecule has 0 atom stereocenters. The van der Waals surface area contributed by atoms with Gasteiger partial charge < -0.3 is 9.88 Å². The van der Waals surface area contributed by atoms with Gasteiger partial charge in [0.25, 0.3) is 0 Å². The van der Waals surface area contributed by atoms with Gasteiger partial charge in [-0.05, 0) is 24.3 Å². The molecule has 7 aromatic rings. The summed E-state index contributed by atoms with van der Waals surface area (Å²) in [4.78, 5) is 4.81. The number of nitrogens with zero attached hydrogens (tertiary/aromatic N) is 3. The van der Waals surface area contributed by atoms with Crippen molar-refractivity contribution in [3.63, 3.8) is 0 Å². The lowest BCUT2D eigenvalue weighted by atomic mass is 10.1. The average Bonchev–Trinajstić information content (AvgIpc) is 3.50. The number of benzene rings is 5. The predicted octanol–water partition coefficient (Wildman–Crippen LogP) is 7.34. The second-order valence-electron chi connectivity index (χ2n) is 9.30. The molecule has 7 rings (SSSR count). The Bertz CT molecular complexity index is 2010. The molecule has 0 bridgehead atoms. The Morgan fingerprint density at radius 3 is 1.84 bits per heavy atom. The lowest BCUT2D eigenvalue weighted by Gasteiger charge is -2.14. The van der Waals surface area contributed by atoms with Crippen molar-refractivity contribution in [1.82, 2.24) is 14.5 Å². The van der Waals surface area contributed by atoms with Gasteiger partial charge in [0.2, 0.25) is 5.96 Å². The highest BCUT2D eigenvalue weighted by Gasteiger charge is 2.22. The van der Waals surface area contributed by atoms with Crippen LogP contribution in [0.25, 0.3) is 49.3 Å². The highest BCUT2D eigenvalue weighted by Crippen LogP contribution is 2.40. The van der Waals surface area contributed by atoms with Crippen molar-refractivity contribution in [3.8, 4) is 5.69 Å². The molecule has 2 heterocycles. The van der Waals surface area contributed by atoms with Crippen LogP contribution < -0.4 is 5.32 Å². The molecule has 5 heteroatoms. The number of para-hydroxylation sites is 3. The van der Waals surface area contributed by atoms with E-state index in [1.807, 2.05) is 43.4 Å². The average molecular weight is 492 g/mol. The number of hydrogen-bond donors (Lipinski definition) is 2. The molecule has 0 fully saturated rings. The van der Waals surface area contributed by atoms with Crippen LogP contribution in [0, 0.1) is 5.41 Å². The molecule has 0 amide bonds. The lowest BCUT2D eigenvalue weighted by molar-refractivity contribution is 1.06. The quantitative estimate of drug-likeness (QED) is 0.193. The molecule has 0 radical (unpaired) electrons. The van der Waals surface area contributed by atoms with Crippen LogP contribution in [-0.2, 0) is 0 Å². The Morgan fingerprint density at radius 1 is 0.605 bits per heavy atom. The van der Waals surface area contributed by atoms with Gasteiger partial charge in [-0.2, -0.15) is 4.99 Å². The fraction of sp³-hybridized carbons (Fsp3) is 0.0303. The molecule has 0 unspecified atom stereocenters. The molecule has 2 aromatic heterocycles. The van der Waals surface area contributed by atoms with Gasteiger partial charge in [-0.1, -0.05) is 97.1 Å². The minimum Gasteiger partial charge on any atom is -0.358 e. The molecule has 0 aliphatic carbocycles. The standard InChI is InChI=1S/C33H25N5/c1-35-33(36-32(34)22-12-4-2-5-13-22)38-29-19-11-9-17-25(29)27-21-20-26-24-16-8-10-18-28(24)37(30(26)31(27)38)23-14-6-3-7-15-23/h2-21H,1H3,(H2,34,35,36). The third-order valence-electron chi connectivity index (χ3n) is 7.18. The molecule has 38 heavy (non-hydrogen) atoms. The zero-order chi connectivity index (χ0) is 25.6. The van der Waals surface area contributed by atoms with Crippen molar-refractivity contribution in [1.29, 1.82) is 5.41 Å². The van der Waals surface area contributed by atoms with Crippen molar-refractivity contribution < 1.29 is 0 Å². The van der Waals surface area contributed by atoms with Gasteiger partial charge in [0, 0.05) is 39.8 Å². The van der Waals surface area contributed by atoms with E-state index in [0.717, 1.165) is 44.1 Å². The van der Waals surface area contributed by atoms with E-state index in [-0.39, 0.29) is 5.84 Å². The highest BCUT2D eigenvalue weighted by molar-refractivity contribution is 6.26. The number of fused-ring (bicyclic) bond motifs is 7. The molecule has 0 saturated heterocycles. The molecule has 5 nitrogen and oxygen atoms in total. The van der Waals surface area contributed by atoms with Gasteiger partial charge in [-0.15, -0.1) is 0 Å². The fourth-order valence-corrected chi connectivity index (χ4v) is 5.55. The number of aliphatic imine (C=N–C) groups is 1. The smallest absolute Gasteiger partial charge is 0.209 e. The van der Waals surface area contributed by atoms with E-state index in [0.29, 0.717) is 5.96 Å². The van der Waals surface area contributed by atoms with E-state index in [4.69, 9.17) is 10.4 Å². The number of amidine groups is 1. The van der Waals surface area contributed by atoms with Crippen LogP contribution in [0.3, 0.4) is 0 Å². The summed E-state index contributed by atoms with van der Waals surface area (Å²) in [5.41, 5.74) is 6.22. The van der Waals surface area contributed by atoms with Crippen molar-refractivity contribution >= 4 is 55.4 Å². The minimum absolute atomic E-state index is 0.205. The molecule has 0 aliphatic heterocycles. The first-order valence-electron chi connectivity index (χ1n) is 12.7. The van der Waals surface area contributed by atoms with Crippen molar-refractivity contribution in [2.45, 2.75) is 0 Å². The van der Waals surface area contributed by atoms with E-state index in [9.17, 15) is 0 Å². The van der Waals surface area contributed by atoms with Gasteiger partial charge in [0.1, 0.15) is 0 Å². The van der Waals surface area contributed by atoms with E-state index >= 15 is 0 Å². The first-order valence-corrected chi connectivity index (χ1v) is 12.7. The first kappa shape index (κ1) is 22.1. The second kappa shape index (κ2) is 8.75. The van der Waals surface area contributed by atoms with Crippen LogP contribution >= 0.6 is 0 Å². The Labute approximate surface area is 219 Å². The maximum absolute atomic E-state index is 8.76. The van der Waals surface area contributed by atoms with Gasteiger partial charge in [-0.25, -0.2) is 0 Å². The molecule has 0 saturated carbocycles. The van der Waals surface area contributed by atoms with Crippen molar-refractivity contribution in [2.75, 3.05) is 7.05 Å². The molecule has 0 aliphatic rings. The summed E-state index contributed by atoms with van der Waals surface area (Å²) < 4.78 is 4.51. The third-order valence-corrected chi connectivity index (χ3v) is 7.18. The SMILES string of the molecule is CNC(=NC(=N)c1ccccc1)n1c2ccccc2c2ccc3c4ccccc4n(-c4ccccc4)c3c21. The monoisotopic (exact) mass is 491 g/mol. The van der Waals surface area contributed by atoms with Gasteiger partial charge in [-0.3, -0.25) is 9.98 Å². The van der Waals surface area contributed by atoms with E-state index in [1.54, 1.807) is 0 Å². The summed E-state index contributed by atoms with van der Waals surface area (Å²) in [6.45, 7) is 0.